The molecule has 0 radical (unpaired) electrons. The molecule has 0 fully saturated rings. The van der Waals surface area contributed by atoms with Crippen molar-refractivity contribution >= 4 is 5.95 Å². The van der Waals surface area contributed by atoms with Crippen molar-refractivity contribution in [2.75, 3.05) is 5.73 Å². The van der Waals surface area contributed by atoms with Gasteiger partial charge in [0.2, 0.25) is 17.7 Å². The second kappa shape index (κ2) is 4.82. The normalized spacial score (nSPS) is 10.8. The minimum atomic E-state index is 0.0474. The van der Waals surface area contributed by atoms with Crippen molar-refractivity contribution in [2.45, 2.75) is 39.9 Å². The Hall–Kier alpha value is -1.52. The highest BCUT2D eigenvalue weighted by molar-refractivity contribution is 5.29. The zero-order valence-electron chi connectivity index (χ0n) is 9.52. The van der Waals surface area contributed by atoms with E-state index in [1.807, 2.05) is 27.7 Å². The molecule has 0 spiro atoms. The largest absolute Gasteiger partial charge is 0.475 e. The highest BCUT2D eigenvalue weighted by Gasteiger charge is 2.07. The fourth-order valence-electron chi connectivity index (χ4n) is 1.02. The van der Waals surface area contributed by atoms with Gasteiger partial charge in [0.05, 0.1) is 18.3 Å². The predicted molar refractivity (Wildman–Crippen MR) is 58.0 cm³/mol. The average Bonchev–Trinajstić information content (AvgIpc) is 1.98. The van der Waals surface area contributed by atoms with Gasteiger partial charge in [0, 0.05) is 0 Å². The van der Waals surface area contributed by atoms with Crippen LogP contribution in [0.3, 0.4) is 0 Å². The molecule has 5 heteroatoms. The first kappa shape index (κ1) is 11.6. The van der Waals surface area contributed by atoms with Crippen molar-refractivity contribution in [3.8, 4) is 11.8 Å². The van der Waals surface area contributed by atoms with Gasteiger partial charge >= 0.3 is 0 Å². The molecule has 0 aliphatic heterocycles. The van der Waals surface area contributed by atoms with Crippen LogP contribution >= 0.6 is 0 Å². The lowest BCUT2D eigenvalue weighted by atomic mass is 10.4. The van der Waals surface area contributed by atoms with E-state index in [0.29, 0.717) is 11.8 Å². The van der Waals surface area contributed by atoms with E-state index in [1.54, 1.807) is 6.07 Å². The Kier molecular flexibility index (Phi) is 3.71. The Morgan fingerprint density at radius 3 is 1.73 bits per heavy atom. The monoisotopic (exact) mass is 211 g/mol. The Bertz CT molecular complexity index is 298. The molecule has 1 rings (SSSR count). The van der Waals surface area contributed by atoms with Gasteiger partial charge in [-0.25, -0.2) is 0 Å². The van der Waals surface area contributed by atoms with E-state index >= 15 is 0 Å². The van der Waals surface area contributed by atoms with Gasteiger partial charge in [-0.05, 0) is 27.7 Å². The molecule has 0 saturated carbocycles. The van der Waals surface area contributed by atoms with E-state index in [4.69, 9.17) is 15.2 Å². The molecule has 0 amide bonds. The summed E-state index contributed by atoms with van der Waals surface area (Å²) in [4.78, 5) is 7.89. The second-order valence-electron chi connectivity index (χ2n) is 3.74. The first-order valence-corrected chi connectivity index (χ1v) is 4.95. The van der Waals surface area contributed by atoms with Gasteiger partial charge in [-0.15, -0.1) is 0 Å². The highest BCUT2D eigenvalue weighted by atomic mass is 16.5. The molecule has 0 atom stereocenters. The lowest BCUT2D eigenvalue weighted by Gasteiger charge is -2.12. The van der Waals surface area contributed by atoms with E-state index < -0.39 is 0 Å². The minimum Gasteiger partial charge on any atom is -0.475 e. The standard InChI is InChI=1S/C10H17N3O2/c1-6(2)14-8-5-9(15-7(3)4)13-10(11)12-8/h5-7H,1-4H3,(H2,11,12,13). The smallest absolute Gasteiger partial charge is 0.226 e. The maximum absolute atomic E-state index is 5.53. The number of hydrogen-bond acceptors (Lipinski definition) is 5. The Labute approximate surface area is 89.6 Å². The van der Waals surface area contributed by atoms with Crippen LogP contribution in [0.15, 0.2) is 6.07 Å². The van der Waals surface area contributed by atoms with E-state index in [9.17, 15) is 0 Å². The van der Waals surface area contributed by atoms with Gasteiger partial charge in [-0.1, -0.05) is 0 Å². The van der Waals surface area contributed by atoms with Gasteiger partial charge in [-0.3, -0.25) is 0 Å². The maximum Gasteiger partial charge on any atom is 0.226 e. The molecule has 0 saturated heterocycles. The van der Waals surface area contributed by atoms with E-state index in [0.717, 1.165) is 0 Å². The van der Waals surface area contributed by atoms with Gasteiger partial charge in [0.25, 0.3) is 0 Å². The lowest BCUT2D eigenvalue weighted by Crippen LogP contribution is -2.11. The average molecular weight is 211 g/mol. The van der Waals surface area contributed by atoms with Gasteiger partial charge in [0.15, 0.2) is 0 Å². The summed E-state index contributed by atoms with van der Waals surface area (Å²) in [6.45, 7) is 7.67. The van der Waals surface area contributed by atoms with Crippen molar-refractivity contribution in [1.82, 2.24) is 9.97 Å². The number of anilines is 1. The van der Waals surface area contributed by atoms with Gasteiger partial charge in [0.1, 0.15) is 0 Å². The molecule has 0 unspecified atom stereocenters. The molecule has 0 aromatic carbocycles. The van der Waals surface area contributed by atoms with Crippen LogP contribution in [0.1, 0.15) is 27.7 Å². The first-order chi connectivity index (χ1) is 6.97. The Morgan fingerprint density at radius 1 is 1.00 bits per heavy atom. The maximum atomic E-state index is 5.53. The zero-order valence-corrected chi connectivity index (χ0v) is 9.52. The molecule has 0 bridgehead atoms. The van der Waals surface area contributed by atoms with E-state index in [-0.39, 0.29) is 18.2 Å². The van der Waals surface area contributed by atoms with E-state index in [1.165, 1.54) is 0 Å². The van der Waals surface area contributed by atoms with Crippen LogP contribution in [0.25, 0.3) is 0 Å². The summed E-state index contributed by atoms with van der Waals surface area (Å²) >= 11 is 0. The summed E-state index contributed by atoms with van der Waals surface area (Å²) < 4.78 is 10.8. The molecular formula is C10H17N3O2. The van der Waals surface area contributed by atoms with Crippen LogP contribution in [0.4, 0.5) is 5.95 Å². The second-order valence-corrected chi connectivity index (χ2v) is 3.74. The summed E-state index contributed by atoms with van der Waals surface area (Å²) in [6.07, 6.45) is 0.0948. The number of rotatable bonds is 4. The molecular weight excluding hydrogens is 194 g/mol. The number of aromatic nitrogens is 2. The minimum absolute atomic E-state index is 0.0474. The lowest BCUT2D eigenvalue weighted by molar-refractivity contribution is 0.217. The summed E-state index contributed by atoms with van der Waals surface area (Å²) in [6, 6.07) is 1.64. The third-order valence-electron chi connectivity index (χ3n) is 1.41. The number of hydrogen-bond donors (Lipinski definition) is 1. The van der Waals surface area contributed by atoms with Crippen LogP contribution in [0, 0.1) is 0 Å². The number of nitrogen functional groups attached to an aromatic ring is 1. The van der Waals surface area contributed by atoms with Crippen LogP contribution in [0.5, 0.6) is 11.8 Å². The third-order valence-corrected chi connectivity index (χ3v) is 1.41. The molecule has 84 valence electrons. The first-order valence-electron chi connectivity index (χ1n) is 4.95. The molecule has 0 aliphatic rings. The SMILES string of the molecule is CC(C)Oc1cc(OC(C)C)nc(N)n1. The number of nitrogens with two attached hydrogens (primary N) is 1. The fourth-order valence-corrected chi connectivity index (χ4v) is 1.02. The van der Waals surface area contributed by atoms with Crippen LogP contribution in [0.2, 0.25) is 0 Å². The molecule has 15 heavy (non-hydrogen) atoms. The summed E-state index contributed by atoms with van der Waals surface area (Å²) in [5, 5.41) is 0. The van der Waals surface area contributed by atoms with Crippen molar-refractivity contribution in [3.63, 3.8) is 0 Å². The zero-order chi connectivity index (χ0) is 11.4. The molecule has 1 aromatic rings. The van der Waals surface area contributed by atoms with Crippen molar-refractivity contribution in [3.05, 3.63) is 6.07 Å². The summed E-state index contributed by atoms with van der Waals surface area (Å²) in [5.74, 6) is 1.03. The summed E-state index contributed by atoms with van der Waals surface area (Å²) in [7, 11) is 0. The molecule has 0 aliphatic carbocycles. The van der Waals surface area contributed by atoms with Crippen molar-refractivity contribution in [2.24, 2.45) is 0 Å². The van der Waals surface area contributed by atoms with E-state index in [2.05, 4.69) is 9.97 Å². The fraction of sp³-hybridized carbons (Fsp3) is 0.600. The van der Waals surface area contributed by atoms with Crippen molar-refractivity contribution in [1.29, 1.82) is 0 Å². The number of nitrogens with zero attached hydrogens (tertiary/aromatic N) is 2. The molecule has 1 aromatic heterocycles. The topological polar surface area (TPSA) is 70.3 Å². The van der Waals surface area contributed by atoms with Gasteiger partial charge in [-0.2, -0.15) is 9.97 Å². The van der Waals surface area contributed by atoms with Crippen LogP contribution in [-0.2, 0) is 0 Å². The predicted octanol–water partition coefficient (Wildman–Crippen LogP) is 1.63. The highest BCUT2D eigenvalue weighted by Crippen LogP contribution is 2.18. The molecule has 1 heterocycles. The Morgan fingerprint density at radius 2 is 1.40 bits per heavy atom. The summed E-state index contributed by atoms with van der Waals surface area (Å²) in [5.41, 5.74) is 5.53. The third kappa shape index (κ3) is 4.01. The van der Waals surface area contributed by atoms with Crippen LogP contribution < -0.4 is 15.2 Å². The molecule has 2 N–H and O–H groups in total. The number of ether oxygens (including phenoxy) is 2. The Balaban J connectivity index is 2.84. The van der Waals surface area contributed by atoms with Crippen molar-refractivity contribution < 1.29 is 9.47 Å². The van der Waals surface area contributed by atoms with Gasteiger partial charge < -0.3 is 15.2 Å². The van der Waals surface area contributed by atoms with Crippen LogP contribution in [-0.4, -0.2) is 22.2 Å². The quantitative estimate of drug-likeness (QED) is 0.819. The molecule has 5 nitrogen and oxygen atoms in total.